The molecule has 0 atom stereocenters. The van der Waals surface area contributed by atoms with E-state index in [1.54, 1.807) is 19.2 Å². The molecule has 0 spiro atoms. The summed E-state index contributed by atoms with van der Waals surface area (Å²) in [7, 11) is 1.55. The van der Waals surface area contributed by atoms with E-state index < -0.39 is 12.7 Å². The number of amides is 1. The number of benzene rings is 1. The van der Waals surface area contributed by atoms with Crippen molar-refractivity contribution in [1.82, 2.24) is 5.32 Å². The summed E-state index contributed by atoms with van der Waals surface area (Å²) >= 11 is 0. The van der Waals surface area contributed by atoms with Crippen LogP contribution in [0.3, 0.4) is 0 Å². The van der Waals surface area contributed by atoms with E-state index in [0.717, 1.165) is 0 Å². The van der Waals surface area contributed by atoms with Crippen molar-refractivity contribution < 1.29 is 22.7 Å². The Hall–Kier alpha value is -1.22. The molecule has 1 rings (SSSR count). The van der Waals surface area contributed by atoms with Crippen LogP contribution in [0, 0.1) is 0 Å². The standard InChI is InChI=1S/C13H18F3N3O2.2ClH/c1-21-7-6-17-8-12(20)19-11-5-3-2-4-10(11)18-9-13(14,15)16;;/h2-5,17-18H,6-9H2,1H3,(H,19,20);2*1H. The highest BCUT2D eigenvalue weighted by atomic mass is 35.5. The molecule has 0 saturated heterocycles. The molecule has 5 nitrogen and oxygen atoms in total. The monoisotopic (exact) mass is 377 g/mol. The van der Waals surface area contributed by atoms with Gasteiger partial charge >= 0.3 is 6.18 Å². The van der Waals surface area contributed by atoms with E-state index in [1.807, 2.05) is 0 Å². The first kappa shape index (κ1) is 24.0. The Labute approximate surface area is 145 Å². The second kappa shape index (κ2) is 12.2. The predicted molar refractivity (Wildman–Crippen MR) is 88.9 cm³/mol. The van der Waals surface area contributed by atoms with E-state index in [9.17, 15) is 18.0 Å². The third-order valence-electron chi connectivity index (χ3n) is 2.45. The molecule has 134 valence electrons. The topological polar surface area (TPSA) is 62.4 Å². The van der Waals surface area contributed by atoms with Crippen molar-refractivity contribution >= 4 is 42.1 Å². The zero-order valence-electron chi connectivity index (χ0n) is 12.4. The summed E-state index contributed by atoms with van der Waals surface area (Å²) < 4.78 is 41.4. The van der Waals surface area contributed by atoms with Gasteiger partial charge in [-0.2, -0.15) is 13.2 Å². The number of para-hydroxylation sites is 2. The van der Waals surface area contributed by atoms with E-state index in [0.29, 0.717) is 18.8 Å². The minimum atomic E-state index is -4.32. The Kier molecular flexibility index (Phi) is 12.8. The van der Waals surface area contributed by atoms with Crippen molar-refractivity contribution in [3.8, 4) is 0 Å². The molecule has 0 unspecified atom stereocenters. The van der Waals surface area contributed by atoms with Crippen molar-refractivity contribution in [2.24, 2.45) is 0 Å². The van der Waals surface area contributed by atoms with Crippen LogP contribution in [0.2, 0.25) is 0 Å². The van der Waals surface area contributed by atoms with Gasteiger partial charge in [-0.3, -0.25) is 4.79 Å². The van der Waals surface area contributed by atoms with Crippen LogP contribution >= 0.6 is 24.8 Å². The van der Waals surface area contributed by atoms with Crippen molar-refractivity contribution in [2.45, 2.75) is 6.18 Å². The van der Waals surface area contributed by atoms with Gasteiger partial charge in [0.05, 0.1) is 24.5 Å². The number of hydrogen-bond acceptors (Lipinski definition) is 4. The molecule has 0 fully saturated rings. The van der Waals surface area contributed by atoms with Gasteiger partial charge in [0.1, 0.15) is 6.54 Å². The number of carbonyl (C=O) groups is 1. The SMILES string of the molecule is COCCNCC(=O)Nc1ccccc1NCC(F)(F)F.Cl.Cl. The number of ether oxygens (including phenoxy) is 1. The molecule has 0 aromatic heterocycles. The highest BCUT2D eigenvalue weighted by Crippen LogP contribution is 2.23. The highest BCUT2D eigenvalue weighted by Gasteiger charge is 2.26. The van der Waals surface area contributed by atoms with Crippen molar-refractivity contribution in [3.63, 3.8) is 0 Å². The molecular weight excluding hydrogens is 358 g/mol. The van der Waals surface area contributed by atoms with Crippen LogP contribution in [-0.2, 0) is 9.53 Å². The molecule has 0 aliphatic carbocycles. The molecule has 1 aromatic rings. The van der Waals surface area contributed by atoms with Gasteiger partial charge in [-0.05, 0) is 12.1 Å². The number of nitrogens with one attached hydrogen (secondary N) is 3. The lowest BCUT2D eigenvalue weighted by Crippen LogP contribution is -2.30. The molecule has 1 aromatic carbocycles. The number of rotatable bonds is 8. The smallest absolute Gasteiger partial charge is 0.383 e. The molecule has 0 heterocycles. The average Bonchev–Trinajstić information content (AvgIpc) is 2.42. The summed E-state index contributed by atoms with van der Waals surface area (Å²) in [5.41, 5.74) is 0.528. The number of hydrogen-bond donors (Lipinski definition) is 3. The maximum absolute atomic E-state index is 12.2. The van der Waals surface area contributed by atoms with Gasteiger partial charge in [0.2, 0.25) is 5.91 Å². The van der Waals surface area contributed by atoms with Gasteiger partial charge in [-0.15, -0.1) is 24.8 Å². The highest BCUT2D eigenvalue weighted by molar-refractivity contribution is 5.95. The summed E-state index contributed by atoms with van der Waals surface area (Å²) in [6.45, 7) is -0.127. The Bertz CT molecular complexity index is 462. The van der Waals surface area contributed by atoms with Crippen LogP contribution in [0.5, 0.6) is 0 Å². The molecule has 1 amide bonds. The zero-order chi connectivity index (χ0) is 15.7. The summed E-state index contributed by atoms with van der Waals surface area (Å²) in [5, 5.41) is 7.65. The van der Waals surface area contributed by atoms with E-state index >= 15 is 0 Å². The van der Waals surface area contributed by atoms with Crippen LogP contribution < -0.4 is 16.0 Å². The normalized spacial score (nSPS) is 10.3. The van der Waals surface area contributed by atoms with E-state index in [2.05, 4.69) is 16.0 Å². The van der Waals surface area contributed by atoms with Crippen molar-refractivity contribution in [2.75, 3.05) is 44.0 Å². The molecule has 0 saturated carbocycles. The van der Waals surface area contributed by atoms with Crippen LogP contribution in [0.25, 0.3) is 0 Å². The van der Waals surface area contributed by atoms with Crippen LogP contribution in [0.4, 0.5) is 24.5 Å². The molecule has 0 aliphatic rings. The maximum Gasteiger partial charge on any atom is 0.405 e. The number of alkyl halides is 3. The summed E-state index contributed by atoms with van der Waals surface area (Å²) in [6, 6.07) is 6.23. The number of anilines is 2. The quantitative estimate of drug-likeness (QED) is 0.609. The minimum absolute atomic E-state index is 0. The van der Waals surface area contributed by atoms with Gasteiger partial charge in [0.15, 0.2) is 0 Å². The van der Waals surface area contributed by atoms with Crippen molar-refractivity contribution in [1.29, 1.82) is 0 Å². The van der Waals surface area contributed by atoms with E-state index in [-0.39, 0.29) is 43.0 Å². The molecular formula is C13H20Cl2F3N3O2. The fourth-order valence-electron chi connectivity index (χ4n) is 1.51. The first-order valence-electron chi connectivity index (χ1n) is 6.31. The summed E-state index contributed by atoms with van der Waals surface area (Å²) in [4.78, 5) is 11.7. The minimum Gasteiger partial charge on any atom is -0.383 e. The lowest BCUT2D eigenvalue weighted by Gasteiger charge is -2.14. The molecule has 3 N–H and O–H groups in total. The largest absolute Gasteiger partial charge is 0.405 e. The van der Waals surface area contributed by atoms with Gasteiger partial charge in [-0.1, -0.05) is 12.1 Å². The number of halogens is 5. The first-order chi connectivity index (χ1) is 9.92. The van der Waals surface area contributed by atoms with Crippen LogP contribution in [-0.4, -0.2) is 45.4 Å². The van der Waals surface area contributed by atoms with Gasteiger partial charge in [0.25, 0.3) is 0 Å². The van der Waals surface area contributed by atoms with Gasteiger partial charge in [-0.25, -0.2) is 0 Å². The third kappa shape index (κ3) is 11.0. The van der Waals surface area contributed by atoms with Crippen LogP contribution in [0.15, 0.2) is 24.3 Å². The fourth-order valence-corrected chi connectivity index (χ4v) is 1.51. The van der Waals surface area contributed by atoms with Crippen LogP contribution in [0.1, 0.15) is 0 Å². The van der Waals surface area contributed by atoms with Gasteiger partial charge in [0, 0.05) is 13.7 Å². The fraction of sp³-hybridized carbons (Fsp3) is 0.462. The predicted octanol–water partition coefficient (Wildman–Crippen LogP) is 2.68. The summed E-state index contributed by atoms with van der Waals surface area (Å²) in [6.07, 6.45) is -4.32. The second-order valence-corrected chi connectivity index (χ2v) is 4.23. The number of methoxy groups -OCH3 is 1. The maximum atomic E-state index is 12.2. The van der Waals surface area contributed by atoms with Gasteiger partial charge < -0.3 is 20.7 Å². The molecule has 0 aliphatic heterocycles. The molecule has 0 radical (unpaired) electrons. The lowest BCUT2D eigenvalue weighted by molar-refractivity contribution is -0.115. The molecule has 10 heteroatoms. The molecule has 0 bridgehead atoms. The van der Waals surface area contributed by atoms with E-state index in [4.69, 9.17) is 4.74 Å². The molecule has 23 heavy (non-hydrogen) atoms. The second-order valence-electron chi connectivity index (χ2n) is 4.23. The Balaban J connectivity index is 0. The lowest BCUT2D eigenvalue weighted by atomic mass is 10.2. The third-order valence-corrected chi connectivity index (χ3v) is 2.45. The van der Waals surface area contributed by atoms with Crippen molar-refractivity contribution in [3.05, 3.63) is 24.3 Å². The zero-order valence-corrected chi connectivity index (χ0v) is 14.0. The first-order valence-corrected chi connectivity index (χ1v) is 6.31. The average molecular weight is 378 g/mol. The van der Waals surface area contributed by atoms with E-state index in [1.165, 1.54) is 12.1 Å². The Morgan fingerprint density at radius 1 is 1.17 bits per heavy atom. The number of carbonyl (C=O) groups excluding carboxylic acids is 1. The Morgan fingerprint density at radius 2 is 1.78 bits per heavy atom. The summed E-state index contributed by atoms with van der Waals surface area (Å²) in [5.74, 6) is -0.340. The Morgan fingerprint density at radius 3 is 2.35 bits per heavy atom.